The summed E-state index contributed by atoms with van der Waals surface area (Å²) >= 11 is 0. The predicted molar refractivity (Wildman–Crippen MR) is 188 cm³/mol. The summed E-state index contributed by atoms with van der Waals surface area (Å²) in [6.07, 6.45) is -2.11. The van der Waals surface area contributed by atoms with E-state index in [4.69, 9.17) is 34.3 Å². The molecule has 3 atom stereocenters. The van der Waals surface area contributed by atoms with Crippen molar-refractivity contribution in [3.05, 3.63) is 11.7 Å². The molecule has 0 spiro atoms. The zero-order valence-electron chi connectivity index (χ0n) is 33.2. The highest BCUT2D eigenvalue weighted by atomic mass is 16.7. The molecule has 1 heterocycles. The lowest BCUT2D eigenvalue weighted by Gasteiger charge is -2.20. The molecule has 22 nitrogen and oxygen atoms in total. The summed E-state index contributed by atoms with van der Waals surface area (Å²) in [5, 5.41) is 22.0. The lowest BCUT2D eigenvalue weighted by molar-refractivity contribution is -0.146. The number of nitrogens with two attached hydrogens (primary N) is 1. The minimum Gasteiger partial charge on any atom is -0.480 e. The molecule has 0 saturated heterocycles. The highest BCUT2D eigenvalue weighted by Gasteiger charge is 2.25. The van der Waals surface area contributed by atoms with Crippen LogP contribution in [0.3, 0.4) is 0 Å². The zero-order valence-corrected chi connectivity index (χ0v) is 33.2. The molecule has 0 bridgehead atoms. The number of carbonyl (C=O) groups excluding carboxylic acids is 6. The van der Waals surface area contributed by atoms with Crippen LogP contribution in [0, 0.1) is 0 Å². The second kappa shape index (κ2) is 23.1. The van der Waals surface area contributed by atoms with Gasteiger partial charge in [0.2, 0.25) is 11.7 Å². The maximum absolute atomic E-state index is 11.6. The number of hydrogen-bond acceptors (Lipinski definition) is 17. The number of rotatable bonds is 10. The van der Waals surface area contributed by atoms with Crippen molar-refractivity contribution in [3.8, 4) is 0 Å². The Balaban J connectivity index is 0. The molecule has 0 aliphatic carbocycles. The number of hydrogen-bond donors (Lipinski definition) is 5. The molecule has 54 heavy (non-hydrogen) atoms. The molecular weight excluding hydrogens is 722 g/mol. The number of alkyl carbamates (subject to hydrolysis) is 3. The lowest BCUT2D eigenvalue weighted by Crippen LogP contribution is -2.42. The Labute approximate surface area is 313 Å². The smallest absolute Gasteiger partial charge is 0.408 e. The summed E-state index contributed by atoms with van der Waals surface area (Å²) in [7, 11) is 0. The van der Waals surface area contributed by atoms with Crippen molar-refractivity contribution in [3.63, 3.8) is 0 Å². The standard InChI is InChI=1S/C12H21N3O6.C12H19N3O5.C8H15NO4/c1-6-19-10(17)8(13)15-21-9(16)7(2)14-11(18)20-12(3,4)5;1-6-18-10(16)8-14-9(20-15-8)7(2)13-11(17)19-12(3,4)5;1-5(6(10)11)9-7(12)13-8(2,3)4/h7H,6H2,1-5H3,(H2,13,15)(H,14,18);7H,6H2,1-5H3,(H,13,17);5H,1-4H3,(H,9,12)(H,10,11)/t2*7-;5-/m000/s1. The normalized spacial score (nSPS) is 13.0. The van der Waals surface area contributed by atoms with Crippen LogP contribution in [0.2, 0.25) is 0 Å². The van der Waals surface area contributed by atoms with Gasteiger partial charge in [-0.25, -0.2) is 28.8 Å². The molecule has 308 valence electrons. The van der Waals surface area contributed by atoms with Gasteiger partial charge in [0, 0.05) is 0 Å². The van der Waals surface area contributed by atoms with E-state index >= 15 is 0 Å². The Morgan fingerprint density at radius 3 is 1.57 bits per heavy atom. The molecule has 0 fully saturated rings. The first-order valence-electron chi connectivity index (χ1n) is 16.4. The largest absolute Gasteiger partial charge is 0.480 e. The average molecular weight is 778 g/mol. The predicted octanol–water partition coefficient (Wildman–Crippen LogP) is 3.09. The molecule has 0 aliphatic rings. The van der Waals surface area contributed by atoms with E-state index in [0.717, 1.165) is 0 Å². The maximum Gasteiger partial charge on any atom is 0.408 e. The summed E-state index contributed by atoms with van der Waals surface area (Å²) in [6.45, 7) is 23.4. The number of amides is 3. The summed E-state index contributed by atoms with van der Waals surface area (Å²) in [6, 6.07) is -2.55. The molecule has 1 rings (SSSR count). The number of aliphatic carboxylic acids is 1. The van der Waals surface area contributed by atoms with E-state index in [0.29, 0.717) is 0 Å². The highest BCUT2D eigenvalue weighted by molar-refractivity contribution is 6.34. The minimum atomic E-state index is -1.09. The third-order valence-corrected chi connectivity index (χ3v) is 4.91. The van der Waals surface area contributed by atoms with Gasteiger partial charge in [0.05, 0.1) is 13.2 Å². The van der Waals surface area contributed by atoms with E-state index in [2.05, 4.69) is 40.8 Å². The quantitative estimate of drug-likeness (QED) is 0.0569. The van der Waals surface area contributed by atoms with Gasteiger partial charge in [0.1, 0.15) is 34.9 Å². The Hall–Kier alpha value is -5.70. The fraction of sp³-hybridized carbons (Fsp3) is 0.688. The van der Waals surface area contributed by atoms with E-state index in [1.165, 1.54) is 13.8 Å². The van der Waals surface area contributed by atoms with Gasteiger partial charge < -0.3 is 59.8 Å². The number of carbonyl (C=O) groups is 7. The Morgan fingerprint density at radius 1 is 0.741 bits per heavy atom. The third kappa shape index (κ3) is 25.3. The molecule has 22 heteroatoms. The van der Waals surface area contributed by atoms with Crippen molar-refractivity contribution >= 4 is 48.0 Å². The van der Waals surface area contributed by atoms with Crippen LogP contribution in [-0.2, 0) is 42.9 Å². The maximum atomic E-state index is 11.6. The van der Waals surface area contributed by atoms with Crippen molar-refractivity contribution in [2.24, 2.45) is 10.9 Å². The molecule has 0 radical (unpaired) electrons. The number of amidine groups is 1. The number of aromatic nitrogens is 2. The monoisotopic (exact) mass is 777 g/mol. The average Bonchev–Trinajstić information content (AvgIpc) is 3.48. The van der Waals surface area contributed by atoms with Crippen molar-refractivity contribution in [2.75, 3.05) is 13.2 Å². The SMILES string of the molecule is CCOC(=O)/C(N)=N/OC(=O)[C@H](C)NC(=O)OC(C)(C)C.CCOC(=O)c1noc([C@H](C)NC(=O)OC(C)(C)C)n1.C[C@H](NC(=O)OC(C)(C)C)C(=O)O. The molecule has 1 aromatic rings. The Bertz CT molecular complexity index is 1440. The minimum absolute atomic E-state index is 0.0962. The summed E-state index contributed by atoms with van der Waals surface area (Å²) in [5.41, 5.74) is 3.32. The van der Waals surface area contributed by atoms with Crippen molar-refractivity contribution in [1.82, 2.24) is 26.1 Å². The van der Waals surface area contributed by atoms with E-state index in [1.807, 2.05) is 0 Å². The van der Waals surface area contributed by atoms with Crippen LogP contribution in [0.1, 0.15) is 119 Å². The Kier molecular flexibility index (Phi) is 21.5. The number of oxime groups is 1. The van der Waals surface area contributed by atoms with Crippen molar-refractivity contribution in [2.45, 2.75) is 132 Å². The van der Waals surface area contributed by atoms with Crippen LogP contribution in [0.4, 0.5) is 14.4 Å². The molecule has 1 aromatic heterocycles. The van der Waals surface area contributed by atoms with Crippen LogP contribution in [0.5, 0.6) is 0 Å². The number of carboxylic acid groups (broad SMARTS) is 1. The van der Waals surface area contributed by atoms with Gasteiger partial charge in [-0.15, -0.1) is 0 Å². The lowest BCUT2D eigenvalue weighted by atomic mass is 10.2. The van der Waals surface area contributed by atoms with Gasteiger partial charge in [-0.3, -0.25) is 4.79 Å². The number of nitrogens with zero attached hydrogens (tertiary/aromatic N) is 3. The second-order valence-electron chi connectivity index (χ2n) is 13.7. The first-order chi connectivity index (χ1) is 24.5. The zero-order chi connectivity index (χ0) is 42.6. The van der Waals surface area contributed by atoms with Crippen LogP contribution in [-0.4, -0.2) is 105 Å². The number of carboxylic acids is 1. The first kappa shape index (κ1) is 50.4. The van der Waals surface area contributed by atoms with Crippen LogP contribution < -0.4 is 21.7 Å². The van der Waals surface area contributed by atoms with Crippen LogP contribution in [0.15, 0.2) is 9.68 Å². The van der Waals surface area contributed by atoms with Gasteiger partial charge in [-0.2, -0.15) is 4.98 Å². The number of esters is 2. The first-order valence-corrected chi connectivity index (χ1v) is 16.4. The summed E-state index contributed by atoms with van der Waals surface area (Å²) in [5.74, 6) is -4.27. The molecule has 0 saturated carbocycles. The van der Waals surface area contributed by atoms with Crippen molar-refractivity contribution < 1.29 is 71.7 Å². The fourth-order valence-corrected chi connectivity index (χ4v) is 2.74. The van der Waals surface area contributed by atoms with E-state index < -0.39 is 82.9 Å². The Morgan fingerprint density at radius 2 is 1.17 bits per heavy atom. The van der Waals surface area contributed by atoms with Crippen LogP contribution in [0.25, 0.3) is 0 Å². The van der Waals surface area contributed by atoms with Gasteiger partial charge in [0.25, 0.3) is 5.82 Å². The molecule has 0 aliphatic heterocycles. The molecule has 6 N–H and O–H groups in total. The highest BCUT2D eigenvalue weighted by Crippen LogP contribution is 2.13. The van der Waals surface area contributed by atoms with Gasteiger partial charge in [-0.1, -0.05) is 5.16 Å². The molecule has 0 unspecified atom stereocenters. The molecular formula is C32H55N7O15. The number of ether oxygens (including phenoxy) is 5. The number of nitrogens with one attached hydrogen (secondary N) is 3. The van der Waals surface area contributed by atoms with E-state index in [1.54, 1.807) is 83.1 Å². The van der Waals surface area contributed by atoms with E-state index in [9.17, 15) is 33.6 Å². The van der Waals surface area contributed by atoms with Gasteiger partial charge in [0.15, 0.2) is 0 Å². The molecule has 0 aromatic carbocycles. The molecule has 3 amide bonds. The van der Waals surface area contributed by atoms with Crippen LogP contribution >= 0.6 is 0 Å². The third-order valence-electron chi connectivity index (χ3n) is 4.91. The summed E-state index contributed by atoms with van der Waals surface area (Å²) < 4.78 is 29.1. The van der Waals surface area contributed by atoms with E-state index in [-0.39, 0.29) is 24.9 Å². The second-order valence-corrected chi connectivity index (χ2v) is 13.7. The van der Waals surface area contributed by atoms with Gasteiger partial charge >= 0.3 is 42.2 Å². The fourth-order valence-electron chi connectivity index (χ4n) is 2.74. The van der Waals surface area contributed by atoms with Gasteiger partial charge in [-0.05, 0) is 102 Å². The summed E-state index contributed by atoms with van der Waals surface area (Å²) in [4.78, 5) is 86.6. The van der Waals surface area contributed by atoms with Crippen molar-refractivity contribution in [1.29, 1.82) is 0 Å². The topological polar surface area (TPSA) is 308 Å².